The van der Waals surface area contributed by atoms with E-state index in [0.29, 0.717) is 11.5 Å². The maximum atomic E-state index is 3.82. The Morgan fingerprint density at radius 1 is 1.00 bits per heavy atom. The van der Waals surface area contributed by atoms with Crippen LogP contribution >= 0.6 is 0 Å². The second-order valence-electron chi connectivity index (χ2n) is 7.61. The van der Waals surface area contributed by atoms with E-state index in [-0.39, 0.29) is 0 Å². The third-order valence-electron chi connectivity index (χ3n) is 4.30. The van der Waals surface area contributed by atoms with Crippen molar-refractivity contribution in [3.63, 3.8) is 0 Å². The molecule has 1 N–H and O–H groups in total. The summed E-state index contributed by atoms with van der Waals surface area (Å²) in [5.41, 5.74) is 0.508. The molecule has 102 valence electrons. The summed E-state index contributed by atoms with van der Waals surface area (Å²) < 4.78 is 0. The molecule has 0 radical (unpaired) electrons. The van der Waals surface area contributed by atoms with Crippen molar-refractivity contribution in [3.05, 3.63) is 0 Å². The van der Waals surface area contributed by atoms with Crippen molar-refractivity contribution in [1.82, 2.24) is 5.32 Å². The number of nitrogens with one attached hydrogen (secondary N) is 1. The quantitative estimate of drug-likeness (QED) is 0.755. The molecule has 0 aromatic heterocycles. The highest BCUT2D eigenvalue weighted by Crippen LogP contribution is 2.37. The predicted molar refractivity (Wildman–Crippen MR) is 77.3 cm³/mol. The van der Waals surface area contributed by atoms with Gasteiger partial charge in [0.15, 0.2) is 0 Å². The van der Waals surface area contributed by atoms with Gasteiger partial charge in [-0.15, -0.1) is 0 Å². The summed E-state index contributed by atoms with van der Waals surface area (Å²) in [5.74, 6) is 1.74. The molecule has 0 aromatic carbocycles. The Morgan fingerprint density at radius 2 is 1.53 bits per heavy atom. The van der Waals surface area contributed by atoms with Gasteiger partial charge in [-0.05, 0) is 56.3 Å². The van der Waals surface area contributed by atoms with Crippen LogP contribution in [0.25, 0.3) is 0 Å². The van der Waals surface area contributed by atoms with Gasteiger partial charge in [-0.3, -0.25) is 0 Å². The third kappa shape index (κ3) is 5.42. The fraction of sp³-hybridized carbons (Fsp3) is 1.00. The van der Waals surface area contributed by atoms with Crippen LogP contribution in [0.15, 0.2) is 0 Å². The van der Waals surface area contributed by atoms with Crippen LogP contribution in [-0.2, 0) is 0 Å². The molecule has 0 saturated heterocycles. The molecule has 1 heteroatoms. The van der Waals surface area contributed by atoms with E-state index in [2.05, 4.69) is 46.9 Å². The topological polar surface area (TPSA) is 12.0 Å². The molecule has 0 heterocycles. The first-order valence-corrected chi connectivity index (χ1v) is 7.55. The Balaban J connectivity index is 2.28. The molecule has 17 heavy (non-hydrogen) atoms. The zero-order valence-electron chi connectivity index (χ0n) is 12.8. The molecule has 0 bridgehead atoms. The molecule has 1 unspecified atom stereocenters. The normalized spacial score (nSPS) is 28.4. The first-order valence-electron chi connectivity index (χ1n) is 7.55. The van der Waals surface area contributed by atoms with Crippen molar-refractivity contribution in [2.24, 2.45) is 17.3 Å². The summed E-state index contributed by atoms with van der Waals surface area (Å²) in [6.45, 7) is 14.2. The monoisotopic (exact) mass is 239 g/mol. The van der Waals surface area contributed by atoms with E-state index in [4.69, 9.17) is 0 Å². The molecule has 0 aromatic rings. The van der Waals surface area contributed by atoms with Gasteiger partial charge >= 0.3 is 0 Å². The van der Waals surface area contributed by atoms with Gasteiger partial charge in [0.05, 0.1) is 0 Å². The molecule has 1 saturated carbocycles. The fourth-order valence-corrected chi connectivity index (χ4v) is 3.30. The number of hydrogen-bond donors (Lipinski definition) is 1. The summed E-state index contributed by atoms with van der Waals surface area (Å²) in [5, 5.41) is 3.82. The number of rotatable bonds is 4. The molecular formula is C16H33N. The highest BCUT2D eigenvalue weighted by Gasteiger charge is 2.29. The van der Waals surface area contributed by atoms with Gasteiger partial charge in [0.2, 0.25) is 0 Å². The molecule has 0 amide bonds. The highest BCUT2D eigenvalue weighted by molar-refractivity contribution is 4.84. The smallest absolute Gasteiger partial charge is 0.00697 e. The van der Waals surface area contributed by atoms with E-state index in [1.165, 1.54) is 32.1 Å². The van der Waals surface area contributed by atoms with Crippen LogP contribution in [0.5, 0.6) is 0 Å². The minimum Gasteiger partial charge on any atom is -0.311 e. The minimum atomic E-state index is 0.508. The van der Waals surface area contributed by atoms with Crippen LogP contribution in [0.4, 0.5) is 0 Å². The summed E-state index contributed by atoms with van der Waals surface area (Å²) in [6, 6.07) is 1.47. The molecule has 1 rings (SSSR count). The molecule has 1 fully saturated rings. The first kappa shape index (κ1) is 15.0. The van der Waals surface area contributed by atoms with Gasteiger partial charge in [0.25, 0.3) is 0 Å². The SMILES string of the molecule is CC(C)CC(C)NC1CCC(C(C)(C)C)CC1. The zero-order chi connectivity index (χ0) is 13.1. The molecule has 0 spiro atoms. The van der Waals surface area contributed by atoms with Gasteiger partial charge in [0.1, 0.15) is 0 Å². The third-order valence-corrected chi connectivity index (χ3v) is 4.30. The van der Waals surface area contributed by atoms with Crippen LogP contribution < -0.4 is 5.32 Å². The maximum Gasteiger partial charge on any atom is 0.00697 e. The van der Waals surface area contributed by atoms with Gasteiger partial charge in [-0.2, -0.15) is 0 Å². The van der Waals surface area contributed by atoms with Gasteiger partial charge < -0.3 is 5.32 Å². The zero-order valence-corrected chi connectivity index (χ0v) is 12.8. The average Bonchev–Trinajstić information content (AvgIpc) is 2.15. The lowest BCUT2D eigenvalue weighted by molar-refractivity contribution is 0.155. The van der Waals surface area contributed by atoms with Crippen LogP contribution in [0.1, 0.15) is 73.6 Å². The Labute approximate surface area is 109 Å². The fourth-order valence-electron chi connectivity index (χ4n) is 3.30. The van der Waals surface area contributed by atoms with Gasteiger partial charge in [-0.25, -0.2) is 0 Å². The lowest BCUT2D eigenvalue weighted by atomic mass is 9.71. The predicted octanol–water partition coefficient (Wildman–Crippen LogP) is 4.62. The van der Waals surface area contributed by atoms with Crippen molar-refractivity contribution in [3.8, 4) is 0 Å². The van der Waals surface area contributed by atoms with Crippen molar-refractivity contribution in [1.29, 1.82) is 0 Å². The van der Waals surface area contributed by atoms with Gasteiger partial charge in [-0.1, -0.05) is 34.6 Å². The van der Waals surface area contributed by atoms with E-state index in [0.717, 1.165) is 17.9 Å². The molecule has 1 nitrogen and oxygen atoms in total. The largest absolute Gasteiger partial charge is 0.311 e. The maximum absolute atomic E-state index is 3.82. The second-order valence-corrected chi connectivity index (χ2v) is 7.61. The summed E-state index contributed by atoms with van der Waals surface area (Å²) in [6.07, 6.45) is 6.89. The average molecular weight is 239 g/mol. The van der Waals surface area contributed by atoms with Gasteiger partial charge in [0, 0.05) is 12.1 Å². The Kier molecular flexibility index (Phi) is 5.50. The lowest BCUT2D eigenvalue weighted by Crippen LogP contribution is -2.41. The standard InChI is InChI=1S/C16H33N/c1-12(2)11-13(3)17-15-9-7-14(8-10-15)16(4,5)6/h12-15,17H,7-11H2,1-6H3. The minimum absolute atomic E-state index is 0.508. The second kappa shape index (κ2) is 6.22. The Hall–Kier alpha value is -0.0400. The van der Waals surface area contributed by atoms with Crippen molar-refractivity contribution < 1.29 is 0 Å². The van der Waals surface area contributed by atoms with Crippen molar-refractivity contribution >= 4 is 0 Å². The molecule has 1 atom stereocenters. The highest BCUT2D eigenvalue weighted by atomic mass is 14.9. The van der Waals surface area contributed by atoms with Crippen LogP contribution in [0.3, 0.4) is 0 Å². The summed E-state index contributed by atoms with van der Waals surface area (Å²) in [7, 11) is 0. The molecule has 1 aliphatic carbocycles. The molecule has 1 aliphatic rings. The molecule has 0 aliphatic heterocycles. The molecular weight excluding hydrogens is 206 g/mol. The summed E-state index contributed by atoms with van der Waals surface area (Å²) in [4.78, 5) is 0. The van der Waals surface area contributed by atoms with E-state index in [9.17, 15) is 0 Å². The van der Waals surface area contributed by atoms with E-state index in [1.54, 1.807) is 0 Å². The van der Waals surface area contributed by atoms with Crippen molar-refractivity contribution in [2.45, 2.75) is 85.7 Å². The van der Waals surface area contributed by atoms with Crippen molar-refractivity contribution in [2.75, 3.05) is 0 Å². The first-order chi connectivity index (χ1) is 7.79. The van der Waals surface area contributed by atoms with E-state index < -0.39 is 0 Å². The van der Waals surface area contributed by atoms with Crippen LogP contribution in [-0.4, -0.2) is 12.1 Å². The lowest BCUT2D eigenvalue weighted by Gasteiger charge is -2.38. The van der Waals surface area contributed by atoms with Crippen LogP contribution in [0.2, 0.25) is 0 Å². The Morgan fingerprint density at radius 3 is 1.94 bits per heavy atom. The summed E-state index contributed by atoms with van der Waals surface area (Å²) >= 11 is 0. The Bertz CT molecular complexity index is 206. The van der Waals surface area contributed by atoms with E-state index in [1.807, 2.05) is 0 Å². The van der Waals surface area contributed by atoms with Crippen LogP contribution in [0, 0.1) is 17.3 Å². The van der Waals surface area contributed by atoms with E-state index >= 15 is 0 Å². The number of hydrogen-bond acceptors (Lipinski definition) is 1.